The molecule has 3 heteroatoms. The molecule has 15 heavy (non-hydrogen) atoms. The maximum absolute atomic E-state index is 10.3. The first-order chi connectivity index (χ1) is 7.24. The minimum atomic E-state index is -0.776. The molecule has 0 spiro atoms. The maximum atomic E-state index is 10.3. The lowest BCUT2D eigenvalue weighted by molar-refractivity contribution is -0.137. The van der Waals surface area contributed by atoms with Gasteiger partial charge in [0, 0.05) is 6.42 Å². The predicted molar refractivity (Wildman–Crippen MR) is 58.2 cm³/mol. The average Bonchev–Trinajstić information content (AvgIpc) is 2.24. The first-order valence-corrected chi connectivity index (χ1v) is 5.16. The molecule has 0 saturated heterocycles. The number of rotatable bonds is 6. The topological polar surface area (TPSA) is 46.5 Å². The van der Waals surface area contributed by atoms with Crippen molar-refractivity contribution in [3.63, 3.8) is 0 Å². The van der Waals surface area contributed by atoms with Crippen LogP contribution in [0.15, 0.2) is 24.3 Å². The Morgan fingerprint density at radius 1 is 1.40 bits per heavy atom. The fourth-order valence-corrected chi connectivity index (χ4v) is 1.34. The molecule has 3 nitrogen and oxygen atoms in total. The minimum Gasteiger partial charge on any atom is -0.493 e. The van der Waals surface area contributed by atoms with Crippen molar-refractivity contribution in [2.75, 3.05) is 6.61 Å². The van der Waals surface area contributed by atoms with Gasteiger partial charge in [0.05, 0.1) is 6.61 Å². The van der Waals surface area contributed by atoms with Gasteiger partial charge in [-0.2, -0.15) is 0 Å². The quantitative estimate of drug-likeness (QED) is 0.730. The molecule has 0 fully saturated rings. The van der Waals surface area contributed by atoms with Crippen molar-refractivity contribution in [3.05, 3.63) is 29.8 Å². The summed E-state index contributed by atoms with van der Waals surface area (Å²) in [5.41, 5.74) is 1.16. The third-order valence-electron chi connectivity index (χ3n) is 2.15. The van der Waals surface area contributed by atoms with Gasteiger partial charge in [-0.1, -0.05) is 25.1 Å². The Hall–Kier alpha value is -1.51. The van der Waals surface area contributed by atoms with Crippen molar-refractivity contribution >= 4 is 5.97 Å². The van der Waals surface area contributed by atoms with Crippen LogP contribution in [0.5, 0.6) is 5.75 Å². The van der Waals surface area contributed by atoms with Gasteiger partial charge in [-0.3, -0.25) is 4.79 Å². The van der Waals surface area contributed by atoms with E-state index in [1.54, 1.807) is 0 Å². The van der Waals surface area contributed by atoms with Gasteiger partial charge in [0.15, 0.2) is 0 Å². The van der Waals surface area contributed by atoms with Crippen molar-refractivity contribution in [3.8, 4) is 5.75 Å². The van der Waals surface area contributed by atoms with Crippen LogP contribution < -0.4 is 4.74 Å². The molecule has 0 heterocycles. The van der Waals surface area contributed by atoms with Gasteiger partial charge in [0.2, 0.25) is 0 Å². The third-order valence-corrected chi connectivity index (χ3v) is 2.15. The number of ether oxygens (including phenoxy) is 1. The molecule has 0 bridgehead atoms. The number of carboxylic acid groups (broad SMARTS) is 1. The molecule has 1 aromatic carbocycles. The lowest BCUT2D eigenvalue weighted by atomic mass is 10.1. The zero-order valence-corrected chi connectivity index (χ0v) is 8.90. The number of aliphatic carboxylic acids is 1. The summed E-state index contributed by atoms with van der Waals surface area (Å²) >= 11 is 0. The molecular weight excluding hydrogens is 192 g/mol. The van der Waals surface area contributed by atoms with E-state index in [9.17, 15) is 4.79 Å². The molecule has 0 saturated carbocycles. The highest BCUT2D eigenvalue weighted by Gasteiger charge is 2.01. The molecule has 0 amide bonds. The lowest BCUT2D eigenvalue weighted by Crippen LogP contribution is -2.03. The first-order valence-electron chi connectivity index (χ1n) is 5.16. The molecule has 0 atom stereocenters. The summed E-state index contributed by atoms with van der Waals surface area (Å²) in [4.78, 5) is 10.3. The third kappa shape index (κ3) is 4.02. The number of carboxylic acids is 1. The van der Waals surface area contributed by atoms with E-state index < -0.39 is 5.97 Å². The highest BCUT2D eigenvalue weighted by Crippen LogP contribution is 2.18. The molecule has 0 aliphatic heterocycles. The summed E-state index contributed by atoms with van der Waals surface area (Å²) < 4.78 is 5.52. The van der Waals surface area contributed by atoms with Crippen LogP contribution in [-0.2, 0) is 11.2 Å². The number of aryl methyl sites for hydroxylation is 1. The Bertz CT molecular complexity index is 320. The largest absolute Gasteiger partial charge is 0.493 e. The number of carbonyl (C=O) groups is 1. The van der Waals surface area contributed by atoms with Crippen molar-refractivity contribution in [2.24, 2.45) is 0 Å². The van der Waals surface area contributed by atoms with Crippen molar-refractivity contribution in [1.82, 2.24) is 0 Å². The lowest BCUT2D eigenvalue weighted by Gasteiger charge is -2.09. The molecule has 1 N–H and O–H groups in total. The Labute approximate surface area is 89.7 Å². The van der Waals surface area contributed by atoms with E-state index in [1.165, 1.54) is 0 Å². The van der Waals surface area contributed by atoms with Gasteiger partial charge >= 0.3 is 5.97 Å². The maximum Gasteiger partial charge on any atom is 0.303 e. The van der Waals surface area contributed by atoms with E-state index >= 15 is 0 Å². The summed E-state index contributed by atoms with van der Waals surface area (Å²) in [6.45, 7) is 2.53. The average molecular weight is 208 g/mol. The fraction of sp³-hybridized carbons (Fsp3) is 0.417. The monoisotopic (exact) mass is 208 g/mol. The van der Waals surface area contributed by atoms with E-state index in [0.717, 1.165) is 17.7 Å². The molecule has 82 valence electrons. The van der Waals surface area contributed by atoms with Crippen LogP contribution in [0.3, 0.4) is 0 Å². The second-order valence-corrected chi connectivity index (χ2v) is 3.31. The van der Waals surface area contributed by atoms with Gasteiger partial charge in [0.1, 0.15) is 5.75 Å². The van der Waals surface area contributed by atoms with Gasteiger partial charge in [0.25, 0.3) is 0 Å². The second-order valence-electron chi connectivity index (χ2n) is 3.31. The highest BCUT2D eigenvalue weighted by atomic mass is 16.5. The van der Waals surface area contributed by atoms with Crippen LogP contribution in [0.1, 0.15) is 25.3 Å². The Morgan fingerprint density at radius 3 is 2.80 bits per heavy atom. The zero-order chi connectivity index (χ0) is 11.1. The number of hydrogen-bond acceptors (Lipinski definition) is 2. The fourth-order valence-electron chi connectivity index (χ4n) is 1.34. The molecule has 1 aromatic rings. The van der Waals surface area contributed by atoms with E-state index in [4.69, 9.17) is 9.84 Å². The zero-order valence-electron chi connectivity index (χ0n) is 8.90. The smallest absolute Gasteiger partial charge is 0.303 e. The number of hydrogen-bond donors (Lipinski definition) is 1. The van der Waals surface area contributed by atoms with Crippen LogP contribution in [0.25, 0.3) is 0 Å². The summed E-state index contributed by atoms with van der Waals surface area (Å²) in [7, 11) is 0. The van der Waals surface area contributed by atoms with Gasteiger partial charge in [-0.05, 0) is 24.5 Å². The van der Waals surface area contributed by atoms with E-state index in [0.29, 0.717) is 13.0 Å². The van der Waals surface area contributed by atoms with Crippen LogP contribution >= 0.6 is 0 Å². The van der Waals surface area contributed by atoms with Crippen LogP contribution in [0.2, 0.25) is 0 Å². The molecule has 0 aliphatic rings. The van der Waals surface area contributed by atoms with E-state index in [2.05, 4.69) is 6.92 Å². The molecule has 0 aromatic heterocycles. The molecule has 0 aliphatic carbocycles. The summed E-state index contributed by atoms with van der Waals surface area (Å²) in [6.07, 6.45) is 1.64. The van der Waals surface area contributed by atoms with Gasteiger partial charge < -0.3 is 9.84 Å². The van der Waals surface area contributed by atoms with Crippen LogP contribution in [-0.4, -0.2) is 17.7 Å². The minimum absolute atomic E-state index is 0.161. The van der Waals surface area contributed by atoms with E-state index in [-0.39, 0.29) is 6.42 Å². The molecule has 1 rings (SSSR count). The van der Waals surface area contributed by atoms with Crippen LogP contribution in [0.4, 0.5) is 0 Å². The van der Waals surface area contributed by atoms with Crippen molar-refractivity contribution in [2.45, 2.75) is 26.2 Å². The summed E-state index contributed by atoms with van der Waals surface area (Å²) in [5, 5.41) is 8.46. The predicted octanol–water partition coefficient (Wildman–Crippen LogP) is 2.49. The highest BCUT2D eigenvalue weighted by molar-refractivity contribution is 5.66. The van der Waals surface area contributed by atoms with Gasteiger partial charge in [-0.25, -0.2) is 0 Å². The Balaban J connectivity index is 2.39. The van der Waals surface area contributed by atoms with Crippen molar-refractivity contribution < 1.29 is 14.6 Å². The second kappa shape index (κ2) is 6.06. The molecule has 0 unspecified atom stereocenters. The number of benzene rings is 1. The number of para-hydroxylation sites is 1. The first kappa shape index (κ1) is 11.6. The van der Waals surface area contributed by atoms with Crippen molar-refractivity contribution in [1.29, 1.82) is 0 Å². The molecular formula is C12H16O3. The standard InChI is InChI=1S/C12H16O3/c1-2-10-6-3-4-7-11(10)15-9-5-8-12(13)14/h3-4,6-7H,2,5,8-9H2,1H3,(H,13,14). The molecule has 0 radical (unpaired) electrons. The van der Waals surface area contributed by atoms with E-state index in [1.807, 2.05) is 24.3 Å². The normalized spacial score (nSPS) is 9.93. The van der Waals surface area contributed by atoms with Gasteiger partial charge in [-0.15, -0.1) is 0 Å². The Kier molecular flexibility index (Phi) is 4.68. The summed E-state index contributed by atoms with van der Waals surface area (Å²) in [6, 6.07) is 7.83. The van der Waals surface area contributed by atoms with Crippen LogP contribution in [0, 0.1) is 0 Å². The Morgan fingerprint density at radius 2 is 2.13 bits per heavy atom. The summed E-state index contributed by atoms with van der Waals surface area (Å²) in [5.74, 6) is 0.0905. The SMILES string of the molecule is CCc1ccccc1OCCCC(=O)O.